The van der Waals surface area contributed by atoms with Gasteiger partial charge in [0, 0.05) is 23.3 Å². The molecule has 0 unspecified atom stereocenters. The summed E-state index contributed by atoms with van der Waals surface area (Å²) in [6, 6.07) is 18.3. The second-order valence-corrected chi connectivity index (χ2v) is 14.4. The van der Waals surface area contributed by atoms with Crippen molar-refractivity contribution < 1.29 is 26.2 Å². The van der Waals surface area contributed by atoms with Gasteiger partial charge in [0.1, 0.15) is 24.7 Å². The van der Waals surface area contributed by atoms with E-state index < -0.39 is 0 Å². The van der Waals surface area contributed by atoms with Crippen molar-refractivity contribution >= 4 is 0 Å². The molecule has 1 aliphatic carbocycles. The fourth-order valence-corrected chi connectivity index (χ4v) is 8.21. The third-order valence-corrected chi connectivity index (χ3v) is 10.1. The minimum Gasteiger partial charge on any atom is -1.00 e. The number of quaternary nitrogens is 1. The number of halogens is 1. The molecule has 6 atom stereocenters. The molecule has 5 rings (SSSR count). The van der Waals surface area contributed by atoms with E-state index in [9.17, 15) is 0 Å². The van der Waals surface area contributed by atoms with E-state index >= 15 is 0 Å². The zero-order valence-corrected chi connectivity index (χ0v) is 25.5. The van der Waals surface area contributed by atoms with Crippen LogP contribution in [0.15, 0.2) is 48.5 Å². The Morgan fingerprint density at radius 2 is 1.42 bits per heavy atom. The molecule has 2 aliphatic heterocycles. The van der Waals surface area contributed by atoms with Crippen LogP contribution in [0, 0.1) is 17.8 Å². The van der Waals surface area contributed by atoms with E-state index in [1.807, 2.05) is 0 Å². The van der Waals surface area contributed by atoms with Gasteiger partial charge in [-0.2, -0.15) is 0 Å². The van der Waals surface area contributed by atoms with E-state index in [1.54, 1.807) is 0 Å². The maximum Gasteiger partial charge on any atom is 0.116 e. The van der Waals surface area contributed by atoms with Crippen LogP contribution in [0.25, 0.3) is 0 Å². The lowest BCUT2D eigenvalue weighted by Crippen LogP contribution is -3.00. The Morgan fingerprint density at radius 3 is 2.00 bits per heavy atom. The molecule has 1 saturated carbocycles. The van der Waals surface area contributed by atoms with Crippen LogP contribution >= 0.6 is 0 Å². The van der Waals surface area contributed by atoms with Gasteiger partial charge >= 0.3 is 0 Å². The third kappa shape index (κ3) is 4.63. The first-order chi connectivity index (χ1) is 16.3. The van der Waals surface area contributed by atoms with Crippen molar-refractivity contribution in [3.05, 3.63) is 70.8 Å². The molecule has 0 spiro atoms. The highest BCUT2D eigenvalue weighted by molar-refractivity contribution is 5.37. The smallest absolute Gasteiger partial charge is 0.116 e. The van der Waals surface area contributed by atoms with Crippen LogP contribution < -0.4 is 17.0 Å². The van der Waals surface area contributed by atoms with Gasteiger partial charge in [0.15, 0.2) is 0 Å². The van der Waals surface area contributed by atoms with E-state index in [1.165, 1.54) is 52.7 Å². The number of ether oxygens (including phenoxy) is 1. The van der Waals surface area contributed by atoms with Crippen molar-refractivity contribution in [3.63, 3.8) is 0 Å². The Kier molecular flexibility index (Phi) is 7.39. The van der Waals surface area contributed by atoms with Crippen LogP contribution in [0.4, 0.5) is 0 Å². The first-order valence-electron chi connectivity index (χ1n) is 14.0. The topological polar surface area (TPSA) is 9.23 Å². The summed E-state index contributed by atoms with van der Waals surface area (Å²) in [4.78, 5) is 0. The second-order valence-electron chi connectivity index (χ2n) is 14.4. The Hall–Kier alpha value is -1.16. The number of rotatable bonds is 5. The van der Waals surface area contributed by atoms with E-state index in [4.69, 9.17) is 4.74 Å². The standard InChI is InChI=1S/C33H48NO.BrH/c1-23-19-34(20-25-16-26(31(2,3)4)18-27(17-25)32(5,6)7)21-30(29-15-14-28(23)33(29,34)8)35-22-24-12-10-9-11-13-24;/h9-13,16-18,23,28-30H,14-15,19-22H2,1-8H3;1H/q+1;/p-1/t23-,28+,29-,30-,33-,34-;/m1./s1. The fourth-order valence-electron chi connectivity index (χ4n) is 8.21. The van der Waals surface area contributed by atoms with Gasteiger partial charge in [-0.1, -0.05) is 84.9 Å². The van der Waals surface area contributed by atoms with Crippen LogP contribution in [0.2, 0.25) is 0 Å². The molecule has 0 amide bonds. The molecule has 198 valence electrons. The molecule has 36 heavy (non-hydrogen) atoms. The fraction of sp³-hybridized carbons (Fsp3) is 0.636. The lowest BCUT2D eigenvalue weighted by molar-refractivity contribution is -0.967. The number of nitrogens with zero attached hydrogens (tertiary/aromatic N) is 1. The van der Waals surface area contributed by atoms with E-state index in [-0.39, 0.29) is 27.8 Å². The van der Waals surface area contributed by atoms with Crippen molar-refractivity contribution in [1.82, 2.24) is 0 Å². The molecular formula is C33H48BrNO. The number of benzene rings is 2. The molecule has 3 heteroatoms. The minimum atomic E-state index is 0. The average molecular weight is 555 g/mol. The highest BCUT2D eigenvalue weighted by Crippen LogP contribution is 2.63. The average Bonchev–Trinajstić information content (AvgIpc) is 3.32. The molecule has 2 nitrogen and oxygen atoms in total. The molecule has 2 aromatic rings. The molecule has 3 aliphatic rings. The van der Waals surface area contributed by atoms with Crippen molar-refractivity contribution in [1.29, 1.82) is 0 Å². The summed E-state index contributed by atoms with van der Waals surface area (Å²) in [6.45, 7) is 23.7. The molecule has 0 aromatic heterocycles. The molecule has 2 saturated heterocycles. The maximum absolute atomic E-state index is 6.76. The summed E-state index contributed by atoms with van der Waals surface area (Å²) in [6.07, 6.45) is 3.08. The van der Waals surface area contributed by atoms with Gasteiger partial charge in [-0.3, -0.25) is 0 Å². The molecule has 3 fully saturated rings. The molecule has 2 aromatic carbocycles. The van der Waals surface area contributed by atoms with Crippen molar-refractivity contribution in [2.75, 3.05) is 13.1 Å². The van der Waals surface area contributed by atoms with Crippen LogP contribution in [0.5, 0.6) is 0 Å². The molecule has 2 heterocycles. The Balaban J connectivity index is 0.00000304. The molecular weight excluding hydrogens is 506 g/mol. The molecule has 0 radical (unpaired) electrons. The van der Waals surface area contributed by atoms with Crippen LogP contribution in [0.3, 0.4) is 0 Å². The summed E-state index contributed by atoms with van der Waals surface area (Å²) in [5.74, 6) is 2.30. The van der Waals surface area contributed by atoms with E-state index in [0.29, 0.717) is 17.6 Å². The Labute approximate surface area is 231 Å². The summed E-state index contributed by atoms with van der Waals surface area (Å²) in [7, 11) is 0. The summed E-state index contributed by atoms with van der Waals surface area (Å²) < 4.78 is 7.98. The lowest BCUT2D eigenvalue weighted by Gasteiger charge is -2.44. The normalized spacial score (nSPS) is 33.4. The summed E-state index contributed by atoms with van der Waals surface area (Å²) in [5, 5.41) is 0. The Bertz CT molecular complexity index is 1040. The highest BCUT2D eigenvalue weighted by atomic mass is 79.9. The third-order valence-electron chi connectivity index (χ3n) is 10.1. The summed E-state index contributed by atoms with van der Waals surface area (Å²) >= 11 is 0. The van der Waals surface area contributed by atoms with Gasteiger partial charge in [0.25, 0.3) is 0 Å². The van der Waals surface area contributed by atoms with Crippen LogP contribution in [-0.4, -0.2) is 29.2 Å². The monoisotopic (exact) mass is 553 g/mol. The Morgan fingerprint density at radius 1 is 0.833 bits per heavy atom. The first kappa shape index (κ1) is 27.9. The zero-order valence-electron chi connectivity index (χ0n) is 23.9. The highest BCUT2D eigenvalue weighted by Gasteiger charge is 2.73. The minimum absolute atomic E-state index is 0. The SMILES string of the molecule is C[C@@H]1C[N@@+]2(Cc3cc(C(C)(C)C)cc(C(C)(C)C)c3)C[C@@H](OCc3ccccc3)[C@H]3CC[C@@H]1[C@]32C.[Br-]. The maximum atomic E-state index is 6.76. The number of hydrogen-bond donors (Lipinski definition) is 0. The van der Waals surface area contributed by atoms with Gasteiger partial charge in [-0.15, -0.1) is 0 Å². The quantitative estimate of drug-likeness (QED) is 0.490. The summed E-state index contributed by atoms with van der Waals surface area (Å²) in [5.41, 5.74) is 6.43. The largest absolute Gasteiger partial charge is 1.00 e. The number of hydrogen-bond acceptors (Lipinski definition) is 1. The van der Waals surface area contributed by atoms with Gasteiger partial charge < -0.3 is 26.2 Å². The predicted octanol–water partition coefficient (Wildman–Crippen LogP) is 4.64. The van der Waals surface area contributed by atoms with Gasteiger partial charge in [-0.25, -0.2) is 0 Å². The van der Waals surface area contributed by atoms with Crippen molar-refractivity contribution in [3.8, 4) is 0 Å². The predicted molar refractivity (Wildman–Crippen MR) is 146 cm³/mol. The van der Waals surface area contributed by atoms with Gasteiger partial charge in [-0.05, 0) is 59.4 Å². The van der Waals surface area contributed by atoms with E-state index in [0.717, 1.165) is 25.0 Å². The lowest BCUT2D eigenvalue weighted by atomic mass is 9.78. The van der Waals surface area contributed by atoms with Crippen molar-refractivity contribution in [2.24, 2.45) is 17.8 Å². The van der Waals surface area contributed by atoms with Gasteiger partial charge in [0.2, 0.25) is 0 Å². The molecule has 0 N–H and O–H groups in total. The first-order valence-corrected chi connectivity index (χ1v) is 14.0. The van der Waals surface area contributed by atoms with Crippen LogP contribution in [0.1, 0.15) is 90.5 Å². The zero-order chi connectivity index (χ0) is 25.2. The van der Waals surface area contributed by atoms with Crippen molar-refractivity contribution in [2.45, 2.75) is 104 Å². The second kappa shape index (κ2) is 9.54. The van der Waals surface area contributed by atoms with Gasteiger partial charge in [0.05, 0.1) is 13.2 Å². The van der Waals surface area contributed by atoms with Crippen LogP contribution in [-0.2, 0) is 28.7 Å². The van der Waals surface area contributed by atoms with E-state index in [2.05, 4.69) is 104 Å². The molecule has 0 bridgehead atoms.